The van der Waals surface area contributed by atoms with Gasteiger partial charge in [-0.05, 0) is 31.0 Å². The summed E-state index contributed by atoms with van der Waals surface area (Å²) in [6, 6.07) is 5.80. The Morgan fingerprint density at radius 2 is 2.11 bits per heavy atom. The fraction of sp³-hybridized carbons (Fsp3) is 0.417. The Kier molecular flexibility index (Phi) is 12.2. The van der Waals surface area contributed by atoms with E-state index in [1.807, 2.05) is 32.2 Å². The zero-order chi connectivity index (χ0) is 12.7. The fourth-order valence-corrected chi connectivity index (χ4v) is 1.94. The lowest BCUT2D eigenvalue weighted by Gasteiger charge is -2.08. The fourth-order valence-electron chi connectivity index (χ4n) is 1.47. The quantitative estimate of drug-likeness (QED) is 0.645. The highest BCUT2D eigenvalue weighted by atomic mass is 35.5. The Morgan fingerprint density at radius 1 is 1.42 bits per heavy atom. The van der Waals surface area contributed by atoms with E-state index in [4.69, 9.17) is 10.5 Å². The molecule has 0 aromatic heterocycles. The number of hydrogen-bond donors (Lipinski definition) is 2. The number of rotatable bonds is 5. The van der Waals surface area contributed by atoms with E-state index < -0.39 is 0 Å². The third kappa shape index (κ3) is 6.92. The van der Waals surface area contributed by atoms with Gasteiger partial charge in [-0.1, -0.05) is 18.7 Å². The smallest absolute Gasteiger partial charge is 0.159 e. The van der Waals surface area contributed by atoms with Gasteiger partial charge >= 0.3 is 0 Å². The number of amidine groups is 1. The lowest BCUT2D eigenvalue weighted by atomic mass is 10.2. The number of hydrogen-bond acceptors (Lipinski definition) is 4. The molecule has 0 heterocycles. The van der Waals surface area contributed by atoms with Gasteiger partial charge < -0.3 is 15.8 Å². The summed E-state index contributed by atoms with van der Waals surface area (Å²) >= 11 is 1.54. The largest absolute Gasteiger partial charge is 0.496 e. The minimum Gasteiger partial charge on any atom is -0.496 e. The van der Waals surface area contributed by atoms with Crippen LogP contribution in [0.5, 0.6) is 5.75 Å². The van der Waals surface area contributed by atoms with Crippen LogP contribution in [-0.2, 0) is 6.54 Å². The Balaban J connectivity index is 0. The number of nitrogens with one attached hydrogen (secondary N) is 1. The Labute approximate surface area is 131 Å². The van der Waals surface area contributed by atoms with Crippen molar-refractivity contribution in [1.82, 2.24) is 5.32 Å². The zero-order valence-electron chi connectivity index (χ0n) is 11.3. The van der Waals surface area contributed by atoms with E-state index in [1.54, 1.807) is 7.11 Å². The van der Waals surface area contributed by atoms with Gasteiger partial charge in [0, 0.05) is 12.1 Å². The average Bonchev–Trinajstić information content (AvgIpc) is 2.30. The molecule has 0 spiro atoms. The van der Waals surface area contributed by atoms with Crippen molar-refractivity contribution >= 4 is 47.4 Å². The highest BCUT2D eigenvalue weighted by Crippen LogP contribution is 2.24. The van der Waals surface area contributed by atoms with Gasteiger partial charge in [-0.3, -0.25) is 0 Å². The molecular formula is C12H21Cl2N3OS. The number of nitrogens with zero attached hydrogens (tertiary/aromatic N) is 1. The first kappa shape index (κ1) is 20.7. The molecule has 1 rings (SSSR count). The van der Waals surface area contributed by atoms with Gasteiger partial charge in [0.2, 0.25) is 0 Å². The summed E-state index contributed by atoms with van der Waals surface area (Å²) in [5.41, 5.74) is 7.71. The van der Waals surface area contributed by atoms with Crippen molar-refractivity contribution in [2.45, 2.75) is 13.5 Å². The maximum absolute atomic E-state index is 5.78. The van der Waals surface area contributed by atoms with Crippen molar-refractivity contribution < 1.29 is 4.74 Å². The predicted molar refractivity (Wildman–Crippen MR) is 89.7 cm³/mol. The van der Waals surface area contributed by atoms with E-state index in [9.17, 15) is 0 Å². The summed E-state index contributed by atoms with van der Waals surface area (Å²) in [6.45, 7) is 2.79. The van der Waals surface area contributed by atoms with Crippen LogP contribution in [0.15, 0.2) is 23.2 Å². The van der Waals surface area contributed by atoms with Crippen molar-refractivity contribution in [3.63, 3.8) is 0 Å². The molecule has 0 saturated heterocycles. The second-order valence-corrected chi connectivity index (χ2v) is 4.69. The number of methoxy groups -OCH3 is 1. The molecule has 0 unspecified atom stereocenters. The molecule has 0 bridgehead atoms. The van der Waals surface area contributed by atoms with Crippen LogP contribution in [0.2, 0.25) is 0 Å². The average molecular weight is 326 g/mol. The SMILES string of the molecule is CCSC(N)=Nc1ccc(OC)c(CNC)c1.Cl.Cl. The number of thioether (sulfide) groups is 1. The maximum Gasteiger partial charge on any atom is 0.159 e. The third-order valence-electron chi connectivity index (χ3n) is 2.16. The predicted octanol–water partition coefficient (Wildman–Crippen LogP) is 2.96. The van der Waals surface area contributed by atoms with E-state index in [1.165, 1.54) is 11.8 Å². The molecule has 1 aromatic rings. The van der Waals surface area contributed by atoms with Crippen LogP contribution in [0, 0.1) is 0 Å². The summed E-state index contributed by atoms with van der Waals surface area (Å²) < 4.78 is 5.28. The van der Waals surface area contributed by atoms with Crippen LogP contribution in [0.4, 0.5) is 5.69 Å². The molecule has 110 valence electrons. The highest BCUT2D eigenvalue weighted by molar-refractivity contribution is 8.13. The Hall–Kier alpha value is -0.620. The molecule has 0 amide bonds. The summed E-state index contributed by atoms with van der Waals surface area (Å²) in [6.07, 6.45) is 0. The first-order valence-electron chi connectivity index (χ1n) is 5.49. The van der Waals surface area contributed by atoms with E-state index >= 15 is 0 Å². The molecule has 1 aromatic carbocycles. The first-order chi connectivity index (χ1) is 8.21. The molecule has 0 saturated carbocycles. The van der Waals surface area contributed by atoms with Crippen molar-refractivity contribution in [3.05, 3.63) is 23.8 Å². The molecule has 7 heteroatoms. The summed E-state index contributed by atoms with van der Waals surface area (Å²) in [5.74, 6) is 1.79. The van der Waals surface area contributed by atoms with E-state index in [-0.39, 0.29) is 24.8 Å². The minimum absolute atomic E-state index is 0. The molecule has 3 N–H and O–H groups in total. The number of nitrogens with two attached hydrogens (primary N) is 1. The molecule has 0 aliphatic rings. The first-order valence-corrected chi connectivity index (χ1v) is 6.48. The topological polar surface area (TPSA) is 59.6 Å². The number of ether oxygens (including phenoxy) is 1. The number of aliphatic imine (C=N–C) groups is 1. The molecule has 0 atom stereocenters. The van der Waals surface area contributed by atoms with Crippen LogP contribution in [0.3, 0.4) is 0 Å². The van der Waals surface area contributed by atoms with Gasteiger partial charge in [0.05, 0.1) is 12.8 Å². The number of halogens is 2. The van der Waals surface area contributed by atoms with Crippen molar-refractivity contribution in [2.24, 2.45) is 10.7 Å². The molecule has 0 radical (unpaired) electrons. The third-order valence-corrected chi connectivity index (χ3v) is 2.84. The second kappa shape index (κ2) is 11.2. The van der Waals surface area contributed by atoms with Gasteiger partial charge in [-0.25, -0.2) is 4.99 Å². The lowest BCUT2D eigenvalue weighted by molar-refractivity contribution is 0.408. The zero-order valence-corrected chi connectivity index (χ0v) is 13.8. The standard InChI is InChI=1S/C12H19N3OS.2ClH/c1-4-17-12(13)15-10-5-6-11(16-3)9(7-10)8-14-2;;/h5-7,14H,4,8H2,1-3H3,(H2,13,15);2*1H. The van der Waals surface area contributed by atoms with Crippen LogP contribution >= 0.6 is 36.6 Å². The van der Waals surface area contributed by atoms with Gasteiger partial charge in [0.1, 0.15) is 5.75 Å². The van der Waals surface area contributed by atoms with E-state index in [0.717, 1.165) is 29.3 Å². The maximum atomic E-state index is 5.78. The Bertz CT molecular complexity index is 403. The number of benzene rings is 1. The summed E-state index contributed by atoms with van der Waals surface area (Å²) in [5, 5.41) is 3.69. The van der Waals surface area contributed by atoms with Crippen molar-refractivity contribution in [2.75, 3.05) is 19.9 Å². The van der Waals surface area contributed by atoms with Gasteiger partial charge in [0.25, 0.3) is 0 Å². The molecule has 19 heavy (non-hydrogen) atoms. The second-order valence-electron chi connectivity index (χ2n) is 3.41. The monoisotopic (exact) mass is 325 g/mol. The highest BCUT2D eigenvalue weighted by Gasteiger charge is 2.03. The van der Waals surface area contributed by atoms with Crippen LogP contribution in [0.25, 0.3) is 0 Å². The molecular weight excluding hydrogens is 305 g/mol. The van der Waals surface area contributed by atoms with Gasteiger partial charge in [0.15, 0.2) is 5.17 Å². The van der Waals surface area contributed by atoms with E-state index in [0.29, 0.717) is 5.17 Å². The molecule has 0 aliphatic heterocycles. The normalized spacial score (nSPS) is 10.4. The summed E-state index contributed by atoms with van der Waals surface area (Å²) in [4.78, 5) is 4.34. The van der Waals surface area contributed by atoms with Gasteiger partial charge in [-0.15, -0.1) is 24.8 Å². The van der Waals surface area contributed by atoms with Gasteiger partial charge in [-0.2, -0.15) is 0 Å². The molecule has 4 nitrogen and oxygen atoms in total. The lowest BCUT2D eigenvalue weighted by Crippen LogP contribution is -2.07. The van der Waals surface area contributed by atoms with Crippen LogP contribution in [0.1, 0.15) is 12.5 Å². The molecule has 0 fully saturated rings. The minimum atomic E-state index is 0. The molecule has 0 aliphatic carbocycles. The van der Waals surface area contributed by atoms with E-state index in [2.05, 4.69) is 10.3 Å². The Morgan fingerprint density at radius 3 is 2.63 bits per heavy atom. The van der Waals surface area contributed by atoms with Crippen LogP contribution < -0.4 is 15.8 Å². The van der Waals surface area contributed by atoms with Crippen molar-refractivity contribution in [1.29, 1.82) is 0 Å². The van der Waals surface area contributed by atoms with Crippen molar-refractivity contribution in [3.8, 4) is 5.75 Å². The summed E-state index contributed by atoms with van der Waals surface area (Å²) in [7, 11) is 3.56. The van der Waals surface area contributed by atoms with Crippen LogP contribution in [-0.4, -0.2) is 25.1 Å².